The molecule has 0 aliphatic carbocycles. The van der Waals surface area contributed by atoms with E-state index in [0.29, 0.717) is 17.7 Å². The number of aromatic amines is 1. The zero-order valence-corrected chi connectivity index (χ0v) is 15.6. The molecule has 4 rings (SSSR count). The van der Waals surface area contributed by atoms with Crippen molar-refractivity contribution in [2.45, 2.75) is 11.8 Å². The standard InChI is InChI=1S/C20H18N4O2S/c1-24(12-14-7-3-2-4-8-14)18(25)13-27-20-23-22-19(26-20)16-11-21-17-10-6-5-9-15(16)17/h2-11,21H,12-13H2,1H3. The van der Waals surface area contributed by atoms with Crippen molar-refractivity contribution in [3.63, 3.8) is 0 Å². The van der Waals surface area contributed by atoms with Crippen molar-refractivity contribution in [2.24, 2.45) is 0 Å². The maximum atomic E-state index is 12.3. The quantitative estimate of drug-likeness (QED) is 0.514. The Morgan fingerprint density at radius 3 is 2.74 bits per heavy atom. The van der Waals surface area contributed by atoms with Gasteiger partial charge in [0.2, 0.25) is 5.91 Å². The monoisotopic (exact) mass is 378 g/mol. The summed E-state index contributed by atoms with van der Waals surface area (Å²) in [5.74, 6) is 0.703. The number of hydrogen-bond donors (Lipinski definition) is 1. The number of nitrogens with one attached hydrogen (secondary N) is 1. The van der Waals surface area contributed by atoms with E-state index in [-0.39, 0.29) is 11.7 Å². The molecule has 2 heterocycles. The minimum atomic E-state index is 0.00990. The van der Waals surface area contributed by atoms with Crippen molar-refractivity contribution < 1.29 is 9.21 Å². The third kappa shape index (κ3) is 3.88. The van der Waals surface area contributed by atoms with E-state index >= 15 is 0 Å². The van der Waals surface area contributed by atoms with Crippen molar-refractivity contribution in [1.82, 2.24) is 20.1 Å². The van der Waals surface area contributed by atoms with Crippen LogP contribution in [0, 0.1) is 0 Å². The van der Waals surface area contributed by atoms with Gasteiger partial charge >= 0.3 is 0 Å². The van der Waals surface area contributed by atoms with Crippen molar-refractivity contribution in [3.8, 4) is 11.5 Å². The summed E-state index contributed by atoms with van der Waals surface area (Å²) in [5.41, 5.74) is 2.97. The zero-order chi connectivity index (χ0) is 18.6. The molecular weight excluding hydrogens is 360 g/mol. The molecule has 2 aromatic carbocycles. The number of aromatic nitrogens is 3. The van der Waals surface area contributed by atoms with Crippen LogP contribution < -0.4 is 0 Å². The molecular formula is C20H18N4O2S. The van der Waals surface area contributed by atoms with Crippen LogP contribution >= 0.6 is 11.8 Å². The molecule has 0 saturated carbocycles. The third-order valence-corrected chi connectivity index (χ3v) is 5.04. The van der Waals surface area contributed by atoms with Gasteiger partial charge in [-0.1, -0.05) is 60.3 Å². The summed E-state index contributed by atoms with van der Waals surface area (Å²) in [6.07, 6.45) is 1.85. The van der Waals surface area contributed by atoms with Crippen LogP contribution in [0.15, 0.2) is 70.4 Å². The van der Waals surface area contributed by atoms with Crippen LogP contribution in [-0.4, -0.2) is 38.8 Å². The minimum absolute atomic E-state index is 0.00990. The lowest BCUT2D eigenvalue weighted by Gasteiger charge is -2.16. The molecule has 0 unspecified atom stereocenters. The highest BCUT2D eigenvalue weighted by molar-refractivity contribution is 7.99. The second kappa shape index (κ2) is 7.67. The fourth-order valence-corrected chi connectivity index (χ4v) is 3.51. The Labute approximate surface area is 160 Å². The van der Waals surface area contributed by atoms with E-state index in [1.807, 2.05) is 60.8 Å². The zero-order valence-electron chi connectivity index (χ0n) is 14.8. The first-order valence-corrected chi connectivity index (χ1v) is 9.50. The molecule has 0 spiro atoms. The van der Waals surface area contributed by atoms with E-state index < -0.39 is 0 Å². The van der Waals surface area contributed by atoms with Crippen molar-refractivity contribution in [3.05, 3.63) is 66.4 Å². The second-order valence-corrected chi connectivity index (χ2v) is 7.07. The van der Waals surface area contributed by atoms with Gasteiger partial charge in [0.1, 0.15) is 0 Å². The summed E-state index contributed by atoms with van der Waals surface area (Å²) in [5, 5.41) is 9.58. The SMILES string of the molecule is CN(Cc1ccccc1)C(=O)CSc1nnc(-c2c[nH]c3ccccc23)o1. The molecule has 0 atom stereocenters. The van der Waals surface area contributed by atoms with Gasteiger partial charge in [0, 0.05) is 30.7 Å². The lowest BCUT2D eigenvalue weighted by Crippen LogP contribution is -2.27. The summed E-state index contributed by atoms with van der Waals surface area (Å²) in [6, 6.07) is 17.8. The third-order valence-electron chi connectivity index (χ3n) is 4.23. The van der Waals surface area contributed by atoms with Gasteiger partial charge in [-0.2, -0.15) is 0 Å². The van der Waals surface area contributed by atoms with Crippen LogP contribution in [0.3, 0.4) is 0 Å². The topological polar surface area (TPSA) is 75.0 Å². The van der Waals surface area contributed by atoms with E-state index in [9.17, 15) is 4.79 Å². The molecule has 6 nitrogen and oxygen atoms in total. The lowest BCUT2D eigenvalue weighted by molar-refractivity contribution is -0.127. The molecule has 0 aliphatic heterocycles. The Balaban J connectivity index is 1.39. The van der Waals surface area contributed by atoms with E-state index in [2.05, 4.69) is 15.2 Å². The second-order valence-electron chi connectivity index (χ2n) is 6.15. The molecule has 1 amide bonds. The van der Waals surface area contributed by atoms with Crippen LogP contribution in [0.4, 0.5) is 0 Å². The van der Waals surface area contributed by atoms with Gasteiger partial charge in [0.05, 0.1) is 11.3 Å². The highest BCUT2D eigenvalue weighted by Gasteiger charge is 2.16. The minimum Gasteiger partial charge on any atom is -0.411 e. The number of nitrogens with zero attached hydrogens (tertiary/aromatic N) is 3. The fraction of sp³-hybridized carbons (Fsp3) is 0.150. The maximum Gasteiger partial charge on any atom is 0.277 e. The number of carbonyl (C=O) groups is 1. The van der Waals surface area contributed by atoms with E-state index in [1.54, 1.807) is 11.9 Å². The molecule has 0 aliphatic rings. The molecule has 4 aromatic rings. The van der Waals surface area contributed by atoms with Crippen molar-refractivity contribution in [1.29, 1.82) is 0 Å². The Kier molecular flexibility index (Phi) is 4.93. The summed E-state index contributed by atoms with van der Waals surface area (Å²) in [6.45, 7) is 0.574. The number of para-hydroxylation sites is 1. The molecule has 2 aromatic heterocycles. The molecule has 0 bridgehead atoms. The van der Waals surface area contributed by atoms with Crippen LogP contribution in [0.1, 0.15) is 5.56 Å². The fourth-order valence-electron chi connectivity index (χ4n) is 2.80. The number of benzene rings is 2. The van der Waals surface area contributed by atoms with Crippen LogP contribution in [0.25, 0.3) is 22.4 Å². The van der Waals surface area contributed by atoms with E-state index in [4.69, 9.17) is 4.42 Å². The molecule has 0 saturated heterocycles. The molecule has 0 fully saturated rings. The summed E-state index contributed by atoms with van der Waals surface area (Å²) in [7, 11) is 1.79. The normalized spacial score (nSPS) is 11.0. The molecule has 7 heteroatoms. The first-order valence-electron chi connectivity index (χ1n) is 8.51. The number of fused-ring (bicyclic) bond motifs is 1. The average molecular weight is 378 g/mol. The van der Waals surface area contributed by atoms with Gasteiger partial charge in [-0.3, -0.25) is 4.79 Å². The summed E-state index contributed by atoms with van der Waals surface area (Å²) in [4.78, 5) is 17.2. The maximum absolute atomic E-state index is 12.3. The van der Waals surface area contributed by atoms with Gasteiger partial charge in [-0.15, -0.1) is 10.2 Å². The van der Waals surface area contributed by atoms with Gasteiger partial charge in [0.15, 0.2) is 0 Å². The van der Waals surface area contributed by atoms with Gasteiger partial charge in [0.25, 0.3) is 11.1 Å². The first-order chi connectivity index (χ1) is 13.2. The molecule has 1 N–H and O–H groups in total. The first kappa shape index (κ1) is 17.4. The van der Waals surface area contributed by atoms with Crippen LogP contribution in [0.5, 0.6) is 0 Å². The number of thioether (sulfide) groups is 1. The highest BCUT2D eigenvalue weighted by Crippen LogP contribution is 2.29. The highest BCUT2D eigenvalue weighted by atomic mass is 32.2. The van der Waals surface area contributed by atoms with Gasteiger partial charge < -0.3 is 14.3 Å². The van der Waals surface area contributed by atoms with Crippen molar-refractivity contribution in [2.75, 3.05) is 12.8 Å². The Morgan fingerprint density at radius 1 is 1.11 bits per heavy atom. The lowest BCUT2D eigenvalue weighted by atomic mass is 10.2. The predicted octanol–water partition coefficient (Wildman–Crippen LogP) is 3.97. The number of rotatable bonds is 6. The van der Waals surface area contributed by atoms with Gasteiger partial charge in [-0.05, 0) is 11.6 Å². The Bertz CT molecular complexity index is 1060. The van der Waals surface area contributed by atoms with Crippen molar-refractivity contribution >= 4 is 28.6 Å². The average Bonchev–Trinajstić information content (AvgIpc) is 3.33. The number of amides is 1. The molecule has 0 radical (unpaired) electrons. The van der Waals surface area contributed by atoms with Gasteiger partial charge in [-0.25, -0.2) is 0 Å². The Hall–Kier alpha value is -3.06. The summed E-state index contributed by atoms with van der Waals surface area (Å²) >= 11 is 1.25. The van der Waals surface area contributed by atoms with Crippen LogP contribution in [0.2, 0.25) is 0 Å². The van der Waals surface area contributed by atoms with Crippen LogP contribution in [-0.2, 0) is 11.3 Å². The smallest absolute Gasteiger partial charge is 0.277 e. The molecule has 136 valence electrons. The number of carbonyl (C=O) groups excluding carboxylic acids is 1. The molecule has 27 heavy (non-hydrogen) atoms. The Morgan fingerprint density at radius 2 is 1.89 bits per heavy atom. The van der Waals surface area contributed by atoms with E-state index in [1.165, 1.54) is 11.8 Å². The number of hydrogen-bond acceptors (Lipinski definition) is 5. The largest absolute Gasteiger partial charge is 0.411 e. The number of H-pyrrole nitrogens is 1. The summed E-state index contributed by atoms with van der Waals surface area (Å²) < 4.78 is 5.73. The van der Waals surface area contributed by atoms with E-state index in [0.717, 1.165) is 22.0 Å². The predicted molar refractivity (Wildman–Crippen MR) is 105 cm³/mol.